The van der Waals surface area contributed by atoms with E-state index in [4.69, 9.17) is 5.21 Å². The van der Waals surface area contributed by atoms with Gasteiger partial charge in [0, 0.05) is 5.56 Å². The van der Waals surface area contributed by atoms with Gasteiger partial charge in [-0.05, 0) is 32.4 Å². The molecule has 3 heteroatoms. The Morgan fingerprint density at radius 2 is 2.00 bits per heavy atom. The predicted octanol–water partition coefficient (Wildman–Crippen LogP) is 2.34. The third-order valence-electron chi connectivity index (χ3n) is 2.12. The van der Waals surface area contributed by atoms with Crippen molar-refractivity contribution >= 4 is 11.5 Å². The molecular formula is C11H13NO2. The van der Waals surface area contributed by atoms with E-state index in [1.165, 1.54) is 6.92 Å². The number of hydrogen-bond donors (Lipinski definition) is 1. The molecule has 0 aliphatic rings. The number of hydrogen-bond acceptors (Lipinski definition) is 3. The summed E-state index contributed by atoms with van der Waals surface area (Å²) in [6, 6.07) is 5.62. The van der Waals surface area contributed by atoms with Crippen LogP contribution in [0.5, 0.6) is 0 Å². The van der Waals surface area contributed by atoms with E-state index >= 15 is 0 Å². The second-order valence-electron chi connectivity index (χ2n) is 3.33. The van der Waals surface area contributed by atoms with Gasteiger partial charge in [0.25, 0.3) is 0 Å². The zero-order valence-corrected chi connectivity index (χ0v) is 8.53. The molecule has 0 saturated carbocycles. The molecule has 0 aliphatic carbocycles. The molecular weight excluding hydrogens is 178 g/mol. The van der Waals surface area contributed by atoms with Gasteiger partial charge in [0.15, 0.2) is 0 Å². The van der Waals surface area contributed by atoms with Gasteiger partial charge in [-0.3, -0.25) is 4.79 Å². The summed E-state index contributed by atoms with van der Waals surface area (Å²) in [6.07, 6.45) is 0. The molecule has 1 aromatic carbocycles. The van der Waals surface area contributed by atoms with Crippen LogP contribution < -0.4 is 0 Å². The van der Waals surface area contributed by atoms with Gasteiger partial charge in [0.1, 0.15) is 5.71 Å². The minimum absolute atomic E-state index is 0.110. The SMILES string of the molecule is C/C(=N/O)C(=O)c1cc(C)ccc1C. The van der Waals surface area contributed by atoms with E-state index < -0.39 is 0 Å². The zero-order chi connectivity index (χ0) is 10.7. The van der Waals surface area contributed by atoms with Crippen molar-refractivity contribution in [1.82, 2.24) is 0 Å². The van der Waals surface area contributed by atoms with Gasteiger partial charge in [-0.15, -0.1) is 0 Å². The molecule has 0 fully saturated rings. The molecule has 0 radical (unpaired) electrons. The second-order valence-corrected chi connectivity index (χ2v) is 3.33. The van der Waals surface area contributed by atoms with Crippen molar-refractivity contribution in [2.45, 2.75) is 20.8 Å². The Bertz CT molecular complexity index is 394. The Morgan fingerprint density at radius 3 is 2.57 bits per heavy atom. The van der Waals surface area contributed by atoms with Gasteiger partial charge in [0.2, 0.25) is 5.78 Å². The summed E-state index contributed by atoms with van der Waals surface area (Å²) in [4.78, 5) is 11.7. The largest absolute Gasteiger partial charge is 0.411 e. The van der Waals surface area contributed by atoms with Crippen LogP contribution in [0, 0.1) is 13.8 Å². The Labute approximate surface area is 83.1 Å². The molecule has 0 bridgehead atoms. The van der Waals surface area contributed by atoms with Crippen LogP contribution in [0.15, 0.2) is 23.4 Å². The molecule has 0 aliphatic heterocycles. The van der Waals surface area contributed by atoms with Crippen molar-refractivity contribution in [1.29, 1.82) is 0 Å². The molecule has 0 atom stereocenters. The minimum atomic E-state index is -0.228. The van der Waals surface area contributed by atoms with Crippen LogP contribution in [0.3, 0.4) is 0 Å². The van der Waals surface area contributed by atoms with Crippen LogP contribution in [0.2, 0.25) is 0 Å². The van der Waals surface area contributed by atoms with Crippen molar-refractivity contribution < 1.29 is 10.0 Å². The molecule has 0 aromatic heterocycles. The second kappa shape index (κ2) is 4.05. The number of carbonyl (C=O) groups is 1. The fourth-order valence-corrected chi connectivity index (χ4v) is 1.22. The lowest BCUT2D eigenvalue weighted by atomic mass is 10.00. The van der Waals surface area contributed by atoms with E-state index in [9.17, 15) is 4.79 Å². The third kappa shape index (κ3) is 1.99. The van der Waals surface area contributed by atoms with E-state index in [1.54, 1.807) is 6.07 Å². The van der Waals surface area contributed by atoms with E-state index in [0.717, 1.165) is 11.1 Å². The van der Waals surface area contributed by atoms with Crippen molar-refractivity contribution in [2.75, 3.05) is 0 Å². The van der Waals surface area contributed by atoms with Crippen LogP contribution in [-0.4, -0.2) is 16.7 Å². The molecule has 0 unspecified atom stereocenters. The zero-order valence-electron chi connectivity index (χ0n) is 8.53. The maximum absolute atomic E-state index is 11.7. The first-order valence-corrected chi connectivity index (χ1v) is 4.37. The Morgan fingerprint density at radius 1 is 1.36 bits per heavy atom. The molecule has 3 nitrogen and oxygen atoms in total. The topological polar surface area (TPSA) is 49.7 Å². The van der Waals surface area contributed by atoms with E-state index in [1.807, 2.05) is 26.0 Å². The summed E-state index contributed by atoms with van der Waals surface area (Å²) in [5.74, 6) is -0.228. The predicted molar refractivity (Wildman–Crippen MR) is 55.1 cm³/mol. The quantitative estimate of drug-likeness (QED) is 0.337. The van der Waals surface area contributed by atoms with Gasteiger partial charge in [-0.2, -0.15) is 0 Å². The first kappa shape index (κ1) is 10.4. The number of ketones is 1. The highest BCUT2D eigenvalue weighted by atomic mass is 16.4. The van der Waals surface area contributed by atoms with E-state index in [2.05, 4.69) is 5.16 Å². The van der Waals surface area contributed by atoms with Crippen molar-refractivity contribution in [2.24, 2.45) is 5.16 Å². The van der Waals surface area contributed by atoms with Gasteiger partial charge in [-0.25, -0.2) is 0 Å². The lowest BCUT2D eigenvalue weighted by Gasteiger charge is -2.04. The Hall–Kier alpha value is -1.64. The average molecular weight is 191 g/mol. The van der Waals surface area contributed by atoms with Crippen molar-refractivity contribution in [3.05, 3.63) is 34.9 Å². The molecule has 0 amide bonds. The summed E-state index contributed by atoms with van der Waals surface area (Å²) in [5.41, 5.74) is 2.62. The maximum atomic E-state index is 11.7. The number of rotatable bonds is 2. The highest BCUT2D eigenvalue weighted by Crippen LogP contribution is 2.11. The Balaban J connectivity index is 3.19. The lowest BCUT2D eigenvalue weighted by Crippen LogP contribution is -2.12. The molecule has 1 aromatic rings. The van der Waals surface area contributed by atoms with E-state index in [0.29, 0.717) is 5.56 Å². The number of nitrogens with zero attached hydrogens (tertiary/aromatic N) is 1. The van der Waals surface area contributed by atoms with Gasteiger partial charge < -0.3 is 5.21 Å². The first-order chi connectivity index (χ1) is 6.56. The fraction of sp³-hybridized carbons (Fsp3) is 0.273. The maximum Gasteiger partial charge on any atom is 0.210 e. The monoisotopic (exact) mass is 191 g/mol. The van der Waals surface area contributed by atoms with Crippen molar-refractivity contribution in [3.63, 3.8) is 0 Å². The molecule has 74 valence electrons. The summed E-state index contributed by atoms with van der Waals surface area (Å²) in [7, 11) is 0. The van der Waals surface area contributed by atoms with Gasteiger partial charge >= 0.3 is 0 Å². The highest BCUT2D eigenvalue weighted by molar-refractivity contribution is 6.45. The fourth-order valence-electron chi connectivity index (χ4n) is 1.22. The summed E-state index contributed by atoms with van der Waals surface area (Å²) in [5, 5.41) is 11.4. The van der Waals surface area contributed by atoms with Crippen LogP contribution >= 0.6 is 0 Å². The Kier molecular flexibility index (Phi) is 3.02. The standard InChI is InChI=1S/C11H13NO2/c1-7-4-5-8(2)10(6-7)11(13)9(3)12-14/h4-6,14H,1-3H3/b12-9-. The third-order valence-corrected chi connectivity index (χ3v) is 2.12. The summed E-state index contributed by atoms with van der Waals surface area (Å²) in [6.45, 7) is 5.27. The summed E-state index contributed by atoms with van der Waals surface area (Å²) < 4.78 is 0. The lowest BCUT2D eigenvalue weighted by molar-refractivity contribution is 0.106. The van der Waals surface area contributed by atoms with Gasteiger partial charge in [-0.1, -0.05) is 22.9 Å². The number of benzene rings is 1. The molecule has 1 N–H and O–H groups in total. The van der Waals surface area contributed by atoms with Crippen molar-refractivity contribution in [3.8, 4) is 0 Å². The minimum Gasteiger partial charge on any atom is -0.411 e. The molecule has 0 saturated heterocycles. The van der Waals surface area contributed by atoms with Gasteiger partial charge in [0.05, 0.1) is 0 Å². The van der Waals surface area contributed by atoms with Crippen LogP contribution in [0.4, 0.5) is 0 Å². The molecule has 14 heavy (non-hydrogen) atoms. The molecule has 0 heterocycles. The normalized spacial score (nSPS) is 11.5. The molecule has 0 spiro atoms. The van der Waals surface area contributed by atoms with Crippen LogP contribution in [-0.2, 0) is 0 Å². The summed E-state index contributed by atoms with van der Waals surface area (Å²) >= 11 is 0. The average Bonchev–Trinajstić information content (AvgIpc) is 2.19. The van der Waals surface area contributed by atoms with Crippen LogP contribution in [0.1, 0.15) is 28.4 Å². The smallest absolute Gasteiger partial charge is 0.210 e. The number of Topliss-reactive ketones (excluding diaryl/α,β-unsaturated/α-hetero) is 1. The number of oxime groups is 1. The number of aryl methyl sites for hydroxylation is 2. The van der Waals surface area contributed by atoms with Crippen LogP contribution in [0.25, 0.3) is 0 Å². The number of carbonyl (C=O) groups excluding carboxylic acids is 1. The molecule has 1 rings (SSSR count). The van der Waals surface area contributed by atoms with E-state index in [-0.39, 0.29) is 11.5 Å². The first-order valence-electron chi connectivity index (χ1n) is 4.37. The highest BCUT2D eigenvalue weighted by Gasteiger charge is 2.12.